The van der Waals surface area contributed by atoms with Crippen molar-refractivity contribution in [3.05, 3.63) is 0 Å². The highest BCUT2D eigenvalue weighted by molar-refractivity contribution is 5.85. The predicted octanol–water partition coefficient (Wildman–Crippen LogP) is 1.58. The van der Waals surface area contributed by atoms with Crippen LogP contribution in [0.2, 0.25) is 0 Å². The second-order valence-corrected chi connectivity index (χ2v) is 6.63. The van der Waals surface area contributed by atoms with E-state index >= 15 is 0 Å². The molecule has 3 rings (SSSR count). The molecule has 1 N–H and O–H groups in total. The standard InChI is InChI=1S/C14H27N3.ClH/c1-14(5-6-15-11-14)12-16-7-9-17(10-8-16)13-3-2-4-13;/h13,15H,2-12H2,1H3;1H. The average molecular weight is 274 g/mol. The zero-order valence-electron chi connectivity index (χ0n) is 11.7. The van der Waals surface area contributed by atoms with E-state index in [-0.39, 0.29) is 12.4 Å². The Labute approximate surface area is 118 Å². The molecular formula is C14H28ClN3. The summed E-state index contributed by atoms with van der Waals surface area (Å²) in [7, 11) is 0. The highest BCUT2D eigenvalue weighted by atomic mass is 35.5. The molecule has 1 unspecified atom stereocenters. The first-order chi connectivity index (χ1) is 8.25. The van der Waals surface area contributed by atoms with Gasteiger partial charge in [-0.1, -0.05) is 13.3 Å². The molecule has 3 aliphatic rings. The van der Waals surface area contributed by atoms with E-state index in [9.17, 15) is 0 Å². The van der Waals surface area contributed by atoms with Crippen LogP contribution in [-0.2, 0) is 0 Å². The summed E-state index contributed by atoms with van der Waals surface area (Å²) < 4.78 is 0. The van der Waals surface area contributed by atoms with Crippen molar-refractivity contribution >= 4 is 12.4 Å². The maximum Gasteiger partial charge on any atom is 0.0113 e. The van der Waals surface area contributed by atoms with E-state index in [1.807, 2.05) is 0 Å². The fourth-order valence-corrected chi connectivity index (χ4v) is 3.58. The molecule has 0 aromatic heterocycles. The third-order valence-corrected chi connectivity index (χ3v) is 5.06. The van der Waals surface area contributed by atoms with Gasteiger partial charge in [0.05, 0.1) is 0 Å². The molecule has 1 saturated carbocycles. The number of rotatable bonds is 3. The van der Waals surface area contributed by atoms with Crippen LogP contribution in [0, 0.1) is 5.41 Å². The molecule has 2 saturated heterocycles. The smallest absolute Gasteiger partial charge is 0.0113 e. The zero-order chi connectivity index (χ0) is 11.7. The van der Waals surface area contributed by atoms with Crippen LogP contribution in [0.25, 0.3) is 0 Å². The molecule has 0 bridgehead atoms. The lowest BCUT2D eigenvalue weighted by molar-refractivity contribution is 0.0461. The second-order valence-electron chi connectivity index (χ2n) is 6.63. The summed E-state index contributed by atoms with van der Waals surface area (Å²) in [4.78, 5) is 5.43. The number of hydrogen-bond donors (Lipinski definition) is 1. The largest absolute Gasteiger partial charge is 0.316 e. The first kappa shape index (κ1) is 14.6. The van der Waals surface area contributed by atoms with E-state index in [0.29, 0.717) is 5.41 Å². The van der Waals surface area contributed by atoms with E-state index in [1.165, 1.54) is 71.5 Å². The van der Waals surface area contributed by atoms with Crippen molar-refractivity contribution in [3.63, 3.8) is 0 Å². The molecule has 18 heavy (non-hydrogen) atoms. The summed E-state index contributed by atoms with van der Waals surface area (Å²) in [6, 6.07) is 0.945. The van der Waals surface area contributed by atoms with Crippen molar-refractivity contribution in [3.8, 4) is 0 Å². The summed E-state index contributed by atoms with van der Waals surface area (Å²) in [6.45, 7) is 11.4. The van der Waals surface area contributed by atoms with Gasteiger partial charge in [-0.2, -0.15) is 0 Å². The molecule has 1 atom stereocenters. The summed E-state index contributed by atoms with van der Waals surface area (Å²) in [5.41, 5.74) is 0.540. The van der Waals surface area contributed by atoms with Crippen molar-refractivity contribution in [1.29, 1.82) is 0 Å². The Morgan fingerprint density at radius 1 is 1.17 bits per heavy atom. The van der Waals surface area contributed by atoms with E-state index in [4.69, 9.17) is 0 Å². The van der Waals surface area contributed by atoms with Gasteiger partial charge in [-0.25, -0.2) is 0 Å². The van der Waals surface area contributed by atoms with E-state index in [2.05, 4.69) is 22.0 Å². The molecule has 2 aliphatic heterocycles. The monoisotopic (exact) mass is 273 g/mol. The van der Waals surface area contributed by atoms with Crippen LogP contribution in [0.15, 0.2) is 0 Å². The van der Waals surface area contributed by atoms with Crippen LogP contribution in [0.4, 0.5) is 0 Å². The van der Waals surface area contributed by atoms with Crippen molar-refractivity contribution in [2.45, 2.75) is 38.6 Å². The quantitative estimate of drug-likeness (QED) is 0.842. The molecule has 3 fully saturated rings. The van der Waals surface area contributed by atoms with Crippen molar-refractivity contribution in [2.24, 2.45) is 5.41 Å². The number of hydrogen-bond acceptors (Lipinski definition) is 3. The Morgan fingerprint density at radius 2 is 1.89 bits per heavy atom. The van der Waals surface area contributed by atoms with Gasteiger partial charge in [-0.3, -0.25) is 4.90 Å². The number of halogens is 1. The first-order valence-electron chi connectivity index (χ1n) is 7.42. The number of piperazine rings is 1. The average Bonchev–Trinajstić information content (AvgIpc) is 2.65. The molecule has 0 amide bonds. The summed E-state index contributed by atoms with van der Waals surface area (Å²) in [6.07, 6.45) is 5.74. The van der Waals surface area contributed by atoms with Crippen LogP contribution < -0.4 is 5.32 Å². The Balaban J connectivity index is 0.00000120. The van der Waals surface area contributed by atoms with Crippen molar-refractivity contribution in [2.75, 3.05) is 45.8 Å². The minimum atomic E-state index is 0. The van der Waals surface area contributed by atoms with Crippen LogP contribution in [0.5, 0.6) is 0 Å². The fourth-order valence-electron chi connectivity index (χ4n) is 3.58. The lowest BCUT2D eigenvalue weighted by Gasteiger charge is -2.44. The highest BCUT2D eigenvalue weighted by Crippen LogP contribution is 2.28. The Kier molecular flexibility index (Phi) is 4.92. The minimum absolute atomic E-state index is 0. The summed E-state index contributed by atoms with van der Waals surface area (Å²) in [5, 5.41) is 3.51. The first-order valence-corrected chi connectivity index (χ1v) is 7.42. The Morgan fingerprint density at radius 3 is 2.39 bits per heavy atom. The SMILES string of the molecule is CC1(CN2CCN(C3CCC3)CC2)CCNC1.Cl. The Hall–Kier alpha value is 0.170. The molecule has 0 aromatic carbocycles. The molecule has 0 aromatic rings. The minimum Gasteiger partial charge on any atom is -0.316 e. The van der Waals surface area contributed by atoms with Gasteiger partial charge in [0.15, 0.2) is 0 Å². The van der Waals surface area contributed by atoms with Crippen LogP contribution >= 0.6 is 12.4 Å². The number of nitrogens with one attached hydrogen (secondary N) is 1. The van der Waals surface area contributed by atoms with Crippen LogP contribution in [0.1, 0.15) is 32.6 Å². The molecule has 106 valence electrons. The van der Waals surface area contributed by atoms with Gasteiger partial charge in [0.1, 0.15) is 0 Å². The zero-order valence-corrected chi connectivity index (χ0v) is 12.5. The Bertz CT molecular complexity index is 254. The lowest BCUT2D eigenvalue weighted by atomic mass is 9.88. The maximum atomic E-state index is 3.51. The number of nitrogens with zero attached hydrogens (tertiary/aromatic N) is 2. The van der Waals surface area contributed by atoms with Gasteiger partial charge >= 0.3 is 0 Å². The van der Waals surface area contributed by atoms with Gasteiger partial charge in [0.25, 0.3) is 0 Å². The third kappa shape index (κ3) is 3.19. The summed E-state index contributed by atoms with van der Waals surface area (Å²) in [5.74, 6) is 0. The normalized spacial score (nSPS) is 35.2. The topological polar surface area (TPSA) is 18.5 Å². The maximum absolute atomic E-state index is 3.51. The van der Waals surface area contributed by atoms with Crippen LogP contribution in [-0.4, -0.2) is 61.7 Å². The summed E-state index contributed by atoms with van der Waals surface area (Å²) >= 11 is 0. The second kappa shape index (κ2) is 6.08. The highest BCUT2D eigenvalue weighted by Gasteiger charge is 2.33. The fraction of sp³-hybridized carbons (Fsp3) is 1.00. The molecule has 1 aliphatic carbocycles. The van der Waals surface area contributed by atoms with Gasteiger partial charge in [0, 0.05) is 45.3 Å². The lowest BCUT2D eigenvalue weighted by Crippen LogP contribution is -2.54. The van der Waals surface area contributed by atoms with E-state index < -0.39 is 0 Å². The molecule has 2 heterocycles. The van der Waals surface area contributed by atoms with Gasteiger partial charge < -0.3 is 10.2 Å². The van der Waals surface area contributed by atoms with Crippen molar-refractivity contribution in [1.82, 2.24) is 15.1 Å². The molecule has 4 heteroatoms. The molecule has 3 nitrogen and oxygen atoms in total. The van der Waals surface area contributed by atoms with Gasteiger partial charge in [-0.05, 0) is 31.2 Å². The van der Waals surface area contributed by atoms with Gasteiger partial charge in [0.2, 0.25) is 0 Å². The molecule has 0 radical (unpaired) electrons. The van der Waals surface area contributed by atoms with Crippen molar-refractivity contribution < 1.29 is 0 Å². The van der Waals surface area contributed by atoms with E-state index in [1.54, 1.807) is 0 Å². The third-order valence-electron chi connectivity index (χ3n) is 5.06. The molecular weight excluding hydrogens is 246 g/mol. The predicted molar refractivity (Wildman–Crippen MR) is 78.5 cm³/mol. The van der Waals surface area contributed by atoms with Gasteiger partial charge in [-0.15, -0.1) is 12.4 Å². The van der Waals surface area contributed by atoms with E-state index in [0.717, 1.165) is 6.04 Å². The van der Waals surface area contributed by atoms with Crippen LogP contribution in [0.3, 0.4) is 0 Å². The molecule has 0 spiro atoms.